The van der Waals surface area contributed by atoms with Crippen molar-refractivity contribution in [1.29, 1.82) is 0 Å². The molecule has 3 heteroatoms. The Morgan fingerprint density at radius 2 is 1.75 bits per heavy atom. The highest BCUT2D eigenvalue weighted by molar-refractivity contribution is 5.69. The van der Waals surface area contributed by atoms with Crippen LogP contribution in [0.25, 0.3) is 0 Å². The van der Waals surface area contributed by atoms with Crippen LogP contribution in [0.4, 0.5) is 0 Å². The van der Waals surface area contributed by atoms with Crippen molar-refractivity contribution in [2.45, 2.75) is 71.6 Å². The summed E-state index contributed by atoms with van der Waals surface area (Å²) in [6, 6.07) is 0. The second-order valence-corrected chi connectivity index (χ2v) is 6.11. The Hall–Kier alpha value is -0.570. The highest BCUT2D eigenvalue weighted by Gasteiger charge is 2.19. The number of hydrogen-bond donors (Lipinski definition) is 1. The summed E-state index contributed by atoms with van der Waals surface area (Å²) in [5.41, 5.74) is 0. The Kier molecular flexibility index (Phi) is 9.73. The summed E-state index contributed by atoms with van der Waals surface area (Å²) in [6.07, 6.45) is 10.9. The summed E-state index contributed by atoms with van der Waals surface area (Å²) in [4.78, 5) is 11.2. The number of nitrogens with one attached hydrogen (secondary N) is 1. The highest BCUT2D eigenvalue weighted by Crippen LogP contribution is 2.29. The van der Waals surface area contributed by atoms with Crippen molar-refractivity contribution >= 4 is 5.97 Å². The van der Waals surface area contributed by atoms with Gasteiger partial charge in [0.2, 0.25) is 0 Å². The van der Waals surface area contributed by atoms with Crippen LogP contribution in [0.3, 0.4) is 0 Å². The molecule has 1 N–H and O–H groups in total. The Morgan fingerprint density at radius 3 is 2.40 bits per heavy atom. The molecule has 0 aromatic carbocycles. The van der Waals surface area contributed by atoms with E-state index in [-0.39, 0.29) is 5.97 Å². The molecule has 1 fully saturated rings. The van der Waals surface area contributed by atoms with Crippen LogP contribution in [0.5, 0.6) is 0 Å². The molecule has 118 valence electrons. The van der Waals surface area contributed by atoms with E-state index in [0.29, 0.717) is 13.0 Å². The number of carbonyl (C=O) groups is 1. The Balaban J connectivity index is 1.86. The lowest BCUT2D eigenvalue weighted by Crippen LogP contribution is -2.27. The second-order valence-electron chi connectivity index (χ2n) is 6.11. The van der Waals surface area contributed by atoms with Crippen LogP contribution in [0, 0.1) is 11.8 Å². The van der Waals surface area contributed by atoms with E-state index in [2.05, 4.69) is 12.2 Å². The molecule has 0 unspecified atom stereocenters. The highest BCUT2D eigenvalue weighted by atomic mass is 16.5. The molecule has 1 saturated carbocycles. The van der Waals surface area contributed by atoms with Crippen LogP contribution >= 0.6 is 0 Å². The predicted molar refractivity (Wildman–Crippen MR) is 83.7 cm³/mol. The fourth-order valence-electron chi connectivity index (χ4n) is 3.08. The zero-order chi connectivity index (χ0) is 14.6. The van der Waals surface area contributed by atoms with Crippen LogP contribution in [0.2, 0.25) is 0 Å². The van der Waals surface area contributed by atoms with Gasteiger partial charge in [-0.05, 0) is 57.5 Å². The van der Waals surface area contributed by atoms with E-state index in [4.69, 9.17) is 4.74 Å². The van der Waals surface area contributed by atoms with Gasteiger partial charge in [-0.25, -0.2) is 0 Å². The second kappa shape index (κ2) is 11.1. The Morgan fingerprint density at radius 1 is 1.05 bits per heavy atom. The molecule has 0 spiro atoms. The van der Waals surface area contributed by atoms with Crippen molar-refractivity contribution in [3.8, 4) is 0 Å². The minimum atomic E-state index is -0.0480. The van der Waals surface area contributed by atoms with Crippen LogP contribution in [0.1, 0.15) is 71.6 Å². The van der Waals surface area contributed by atoms with Crippen molar-refractivity contribution in [2.75, 3.05) is 19.7 Å². The van der Waals surface area contributed by atoms with Crippen LogP contribution in [-0.2, 0) is 9.53 Å². The van der Waals surface area contributed by atoms with E-state index < -0.39 is 0 Å². The summed E-state index contributed by atoms with van der Waals surface area (Å²) >= 11 is 0. The number of ether oxygens (including phenoxy) is 1. The monoisotopic (exact) mass is 283 g/mol. The molecule has 0 saturated heterocycles. The molecule has 0 aliphatic heterocycles. The van der Waals surface area contributed by atoms with Crippen molar-refractivity contribution < 1.29 is 9.53 Å². The molecule has 0 aromatic heterocycles. The summed E-state index contributed by atoms with van der Waals surface area (Å²) in [7, 11) is 0. The van der Waals surface area contributed by atoms with E-state index in [9.17, 15) is 4.79 Å². The molecular weight excluding hydrogens is 250 g/mol. The quantitative estimate of drug-likeness (QED) is 0.488. The van der Waals surface area contributed by atoms with Crippen LogP contribution in [0.15, 0.2) is 0 Å². The first-order chi connectivity index (χ1) is 9.76. The topological polar surface area (TPSA) is 38.3 Å². The van der Waals surface area contributed by atoms with E-state index in [1.165, 1.54) is 45.1 Å². The third-order valence-corrected chi connectivity index (χ3v) is 4.52. The van der Waals surface area contributed by atoms with Gasteiger partial charge >= 0.3 is 5.97 Å². The minimum Gasteiger partial charge on any atom is -0.466 e. The number of rotatable bonds is 10. The van der Waals surface area contributed by atoms with Gasteiger partial charge in [-0.2, -0.15) is 0 Å². The number of esters is 1. The van der Waals surface area contributed by atoms with E-state index in [1.54, 1.807) is 0 Å². The van der Waals surface area contributed by atoms with Gasteiger partial charge in [-0.15, -0.1) is 0 Å². The maximum Gasteiger partial charge on any atom is 0.305 e. The van der Waals surface area contributed by atoms with Crippen molar-refractivity contribution in [1.82, 2.24) is 5.32 Å². The molecule has 0 aromatic rings. The Labute approximate surface area is 124 Å². The van der Waals surface area contributed by atoms with Gasteiger partial charge in [-0.3, -0.25) is 4.79 Å². The SMILES string of the molecule is CCOC(=O)CCCCCNCC1CCC(CC)CC1. The molecule has 1 aliphatic rings. The van der Waals surface area contributed by atoms with Crippen molar-refractivity contribution in [3.63, 3.8) is 0 Å². The fourth-order valence-corrected chi connectivity index (χ4v) is 3.08. The van der Waals surface area contributed by atoms with E-state index in [1.807, 2.05) is 6.92 Å². The van der Waals surface area contributed by atoms with Crippen LogP contribution in [-0.4, -0.2) is 25.7 Å². The Bertz CT molecular complexity index is 247. The third-order valence-electron chi connectivity index (χ3n) is 4.52. The first-order valence-corrected chi connectivity index (χ1v) is 8.62. The molecule has 0 heterocycles. The van der Waals surface area contributed by atoms with Gasteiger partial charge in [0.05, 0.1) is 6.61 Å². The van der Waals surface area contributed by atoms with Gasteiger partial charge in [0.15, 0.2) is 0 Å². The smallest absolute Gasteiger partial charge is 0.305 e. The first kappa shape index (κ1) is 17.5. The lowest BCUT2D eigenvalue weighted by atomic mass is 9.81. The van der Waals surface area contributed by atoms with Gasteiger partial charge < -0.3 is 10.1 Å². The average Bonchev–Trinajstić information content (AvgIpc) is 2.47. The van der Waals surface area contributed by atoms with Gasteiger partial charge in [-0.1, -0.05) is 32.6 Å². The van der Waals surface area contributed by atoms with Crippen molar-refractivity contribution in [2.24, 2.45) is 11.8 Å². The summed E-state index contributed by atoms with van der Waals surface area (Å²) < 4.78 is 4.91. The predicted octanol–water partition coefficient (Wildman–Crippen LogP) is 3.92. The molecule has 1 rings (SSSR count). The normalized spacial score (nSPS) is 22.7. The van der Waals surface area contributed by atoms with Gasteiger partial charge in [0.25, 0.3) is 0 Å². The standard InChI is InChI=1S/C17H33NO2/c1-3-15-9-11-16(12-10-15)14-18-13-7-5-6-8-17(19)20-4-2/h15-16,18H,3-14H2,1-2H3. The van der Waals surface area contributed by atoms with Gasteiger partial charge in [0.1, 0.15) is 0 Å². The van der Waals surface area contributed by atoms with Crippen LogP contribution < -0.4 is 5.32 Å². The van der Waals surface area contributed by atoms with Crippen molar-refractivity contribution in [3.05, 3.63) is 0 Å². The molecule has 3 nitrogen and oxygen atoms in total. The molecule has 1 aliphatic carbocycles. The van der Waals surface area contributed by atoms with E-state index >= 15 is 0 Å². The summed E-state index contributed by atoms with van der Waals surface area (Å²) in [5.74, 6) is 1.85. The zero-order valence-electron chi connectivity index (χ0n) is 13.5. The number of hydrogen-bond acceptors (Lipinski definition) is 3. The molecule has 0 bridgehead atoms. The maximum absolute atomic E-state index is 11.2. The number of carbonyl (C=O) groups excluding carboxylic acids is 1. The number of unbranched alkanes of at least 4 members (excludes halogenated alkanes) is 2. The molecule has 0 radical (unpaired) electrons. The van der Waals surface area contributed by atoms with E-state index in [0.717, 1.165) is 31.2 Å². The maximum atomic E-state index is 11.2. The molecular formula is C17H33NO2. The first-order valence-electron chi connectivity index (χ1n) is 8.62. The summed E-state index contributed by atoms with van der Waals surface area (Å²) in [6.45, 7) is 6.96. The third kappa shape index (κ3) is 7.88. The summed E-state index contributed by atoms with van der Waals surface area (Å²) in [5, 5.41) is 3.59. The van der Waals surface area contributed by atoms with Gasteiger partial charge in [0, 0.05) is 6.42 Å². The lowest BCUT2D eigenvalue weighted by Gasteiger charge is -2.27. The minimum absolute atomic E-state index is 0.0480. The lowest BCUT2D eigenvalue weighted by molar-refractivity contribution is -0.143. The zero-order valence-corrected chi connectivity index (χ0v) is 13.5. The average molecular weight is 283 g/mol. The fraction of sp³-hybridized carbons (Fsp3) is 0.941. The largest absolute Gasteiger partial charge is 0.466 e. The molecule has 0 amide bonds. The molecule has 0 atom stereocenters. The molecule has 20 heavy (non-hydrogen) atoms.